The smallest absolute Gasteiger partial charge is 0.323 e. The van der Waals surface area contributed by atoms with Crippen LogP contribution in [-0.2, 0) is 0 Å². The molecule has 0 unspecified atom stereocenters. The summed E-state index contributed by atoms with van der Waals surface area (Å²) in [6.45, 7) is 4.67. The fraction of sp³-hybridized carbons (Fsp3) is 0.556. The van der Waals surface area contributed by atoms with Crippen molar-refractivity contribution in [1.29, 1.82) is 0 Å². The van der Waals surface area contributed by atoms with Gasteiger partial charge in [0.1, 0.15) is 0 Å². The molecule has 6 heteroatoms. The maximum absolute atomic E-state index is 11.6. The maximum atomic E-state index is 11.6. The van der Waals surface area contributed by atoms with Crippen molar-refractivity contribution in [3.05, 3.63) is 11.1 Å². The number of hydrogen-bond donors (Lipinski definition) is 2. The number of anilines is 1. The third-order valence-corrected chi connectivity index (χ3v) is 2.70. The van der Waals surface area contributed by atoms with Crippen LogP contribution < -0.4 is 5.32 Å². The Morgan fingerprint density at radius 3 is 2.93 bits per heavy atom. The number of aromatic nitrogens is 1. The molecule has 15 heavy (non-hydrogen) atoms. The van der Waals surface area contributed by atoms with E-state index in [-0.39, 0.29) is 12.6 Å². The van der Waals surface area contributed by atoms with Gasteiger partial charge >= 0.3 is 6.03 Å². The lowest BCUT2D eigenvalue weighted by molar-refractivity contribution is 0.192. The lowest BCUT2D eigenvalue weighted by atomic mass is 10.5. The number of rotatable bonds is 4. The van der Waals surface area contributed by atoms with Crippen LogP contribution in [0.3, 0.4) is 0 Å². The molecule has 1 rings (SSSR count). The Morgan fingerprint density at radius 1 is 1.73 bits per heavy atom. The van der Waals surface area contributed by atoms with Crippen LogP contribution in [-0.4, -0.2) is 40.7 Å². The summed E-state index contributed by atoms with van der Waals surface area (Å²) < 4.78 is 0. The molecule has 0 bridgehead atoms. The standard InChI is InChI=1S/C9H15N3O2S/c1-3-12(4-5-13)9(14)11-8-10-6-7(2)15-8/h6,13H,3-5H2,1-2H3,(H,10,11,14). The Morgan fingerprint density at radius 2 is 2.47 bits per heavy atom. The van der Waals surface area contributed by atoms with Crippen LogP contribution in [0.4, 0.5) is 9.93 Å². The van der Waals surface area contributed by atoms with Gasteiger partial charge in [-0.15, -0.1) is 11.3 Å². The van der Waals surface area contributed by atoms with Crippen molar-refractivity contribution in [2.24, 2.45) is 0 Å². The Balaban J connectivity index is 2.53. The van der Waals surface area contributed by atoms with E-state index < -0.39 is 0 Å². The fourth-order valence-corrected chi connectivity index (χ4v) is 1.76. The van der Waals surface area contributed by atoms with Crippen LogP contribution >= 0.6 is 11.3 Å². The average molecular weight is 229 g/mol. The molecule has 1 aromatic rings. The number of urea groups is 1. The molecule has 5 nitrogen and oxygen atoms in total. The summed E-state index contributed by atoms with van der Waals surface area (Å²) in [5.74, 6) is 0. The second-order valence-corrected chi connectivity index (χ2v) is 4.24. The van der Waals surface area contributed by atoms with Crippen molar-refractivity contribution in [1.82, 2.24) is 9.88 Å². The number of carbonyl (C=O) groups excluding carboxylic acids is 1. The van der Waals surface area contributed by atoms with E-state index in [1.165, 1.54) is 16.2 Å². The van der Waals surface area contributed by atoms with Gasteiger partial charge in [-0.05, 0) is 13.8 Å². The topological polar surface area (TPSA) is 65.5 Å². The summed E-state index contributed by atoms with van der Waals surface area (Å²) in [6.07, 6.45) is 1.71. The van der Waals surface area contributed by atoms with E-state index in [1.807, 2.05) is 13.8 Å². The van der Waals surface area contributed by atoms with Gasteiger partial charge in [-0.3, -0.25) is 5.32 Å². The van der Waals surface area contributed by atoms with Crippen molar-refractivity contribution in [3.63, 3.8) is 0 Å². The van der Waals surface area contributed by atoms with E-state index in [9.17, 15) is 4.79 Å². The SMILES string of the molecule is CCN(CCO)C(=O)Nc1ncc(C)s1. The zero-order valence-corrected chi connectivity index (χ0v) is 9.67. The number of thiazole rings is 1. The lowest BCUT2D eigenvalue weighted by Gasteiger charge is -2.18. The number of hydrogen-bond acceptors (Lipinski definition) is 4. The van der Waals surface area contributed by atoms with Crippen molar-refractivity contribution in [3.8, 4) is 0 Å². The minimum atomic E-state index is -0.221. The molecule has 0 saturated heterocycles. The van der Waals surface area contributed by atoms with E-state index in [4.69, 9.17) is 5.11 Å². The minimum Gasteiger partial charge on any atom is -0.395 e. The first-order valence-electron chi connectivity index (χ1n) is 4.76. The van der Waals surface area contributed by atoms with Crippen LogP contribution in [0.15, 0.2) is 6.20 Å². The molecular weight excluding hydrogens is 214 g/mol. The summed E-state index contributed by atoms with van der Waals surface area (Å²) in [5, 5.41) is 12.0. The van der Waals surface area contributed by atoms with Crippen LogP contribution in [0, 0.1) is 6.92 Å². The maximum Gasteiger partial charge on any atom is 0.323 e. The molecule has 0 atom stereocenters. The first kappa shape index (κ1) is 11.9. The van der Waals surface area contributed by atoms with Gasteiger partial charge in [-0.1, -0.05) is 0 Å². The molecule has 2 N–H and O–H groups in total. The van der Waals surface area contributed by atoms with E-state index in [0.717, 1.165) is 4.88 Å². The molecule has 0 aliphatic heterocycles. The number of amides is 2. The fourth-order valence-electron chi connectivity index (χ4n) is 1.11. The first-order chi connectivity index (χ1) is 7.17. The molecule has 84 valence electrons. The van der Waals surface area contributed by atoms with Crippen molar-refractivity contribution in [2.45, 2.75) is 13.8 Å². The molecule has 0 spiro atoms. The molecule has 2 amide bonds. The predicted molar refractivity (Wildman–Crippen MR) is 60.2 cm³/mol. The molecule has 0 fully saturated rings. The van der Waals surface area contributed by atoms with Crippen molar-refractivity contribution in [2.75, 3.05) is 25.0 Å². The summed E-state index contributed by atoms with van der Waals surface area (Å²) in [6, 6.07) is -0.221. The highest BCUT2D eigenvalue weighted by Gasteiger charge is 2.11. The zero-order chi connectivity index (χ0) is 11.3. The van der Waals surface area contributed by atoms with Crippen molar-refractivity contribution < 1.29 is 9.90 Å². The number of nitrogens with one attached hydrogen (secondary N) is 1. The van der Waals surface area contributed by atoms with Crippen LogP contribution in [0.2, 0.25) is 0 Å². The summed E-state index contributed by atoms with van der Waals surface area (Å²) in [4.78, 5) is 18.2. The molecule has 1 heterocycles. The van der Waals surface area contributed by atoms with E-state index in [0.29, 0.717) is 18.2 Å². The van der Waals surface area contributed by atoms with Crippen molar-refractivity contribution >= 4 is 22.5 Å². The van der Waals surface area contributed by atoms with Gasteiger partial charge in [0, 0.05) is 24.2 Å². The Labute approximate surface area is 92.7 Å². The predicted octanol–water partition coefficient (Wildman–Crippen LogP) is 1.30. The molecule has 0 aliphatic carbocycles. The second kappa shape index (κ2) is 5.67. The average Bonchev–Trinajstić information content (AvgIpc) is 2.60. The van der Waals surface area contributed by atoms with Gasteiger partial charge < -0.3 is 10.0 Å². The Hall–Kier alpha value is -1.14. The molecule has 0 aromatic carbocycles. The van der Waals surface area contributed by atoms with Gasteiger partial charge in [0.25, 0.3) is 0 Å². The van der Waals surface area contributed by atoms with Crippen LogP contribution in [0.5, 0.6) is 0 Å². The second-order valence-electron chi connectivity index (χ2n) is 3.01. The number of likely N-dealkylation sites (N-methyl/N-ethyl adjacent to an activating group) is 1. The minimum absolute atomic E-state index is 0.0296. The summed E-state index contributed by atoms with van der Waals surface area (Å²) in [7, 11) is 0. The van der Waals surface area contributed by atoms with Gasteiger partial charge in [0.15, 0.2) is 5.13 Å². The Kier molecular flexibility index (Phi) is 4.51. The molecular formula is C9H15N3O2S. The van der Waals surface area contributed by atoms with E-state index in [2.05, 4.69) is 10.3 Å². The van der Waals surface area contributed by atoms with Crippen LogP contribution in [0.1, 0.15) is 11.8 Å². The number of aliphatic hydroxyl groups is 1. The number of aliphatic hydroxyl groups excluding tert-OH is 1. The third kappa shape index (κ3) is 3.49. The number of nitrogens with zero attached hydrogens (tertiary/aromatic N) is 2. The first-order valence-corrected chi connectivity index (χ1v) is 5.58. The highest BCUT2D eigenvalue weighted by Crippen LogP contribution is 2.16. The summed E-state index contributed by atoms with van der Waals surface area (Å²) >= 11 is 1.43. The molecule has 0 aliphatic rings. The van der Waals surface area contributed by atoms with E-state index >= 15 is 0 Å². The quantitative estimate of drug-likeness (QED) is 0.817. The highest BCUT2D eigenvalue weighted by atomic mass is 32.1. The third-order valence-electron chi connectivity index (χ3n) is 1.87. The zero-order valence-electron chi connectivity index (χ0n) is 8.86. The van der Waals surface area contributed by atoms with Gasteiger partial charge in [-0.2, -0.15) is 0 Å². The molecule has 0 radical (unpaired) electrons. The normalized spacial score (nSPS) is 10.1. The summed E-state index contributed by atoms with van der Waals surface area (Å²) in [5.41, 5.74) is 0. The molecule has 1 aromatic heterocycles. The van der Waals surface area contributed by atoms with Gasteiger partial charge in [-0.25, -0.2) is 9.78 Å². The van der Waals surface area contributed by atoms with Gasteiger partial charge in [0.2, 0.25) is 0 Å². The monoisotopic (exact) mass is 229 g/mol. The van der Waals surface area contributed by atoms with Crippen LogP contribution in [0.25, 0.3) is 0 Å². The number of aryl methyl sites for hydroxylation is 1. The Bertz CT molecular complexity index is 327. The van der Waals surface area contributed by atoms with Gasteiger partial charge in [0.05, 0.1) is 6.61 Å². The largest absolute Gasteiger partial charge is 0.395 e. The number of carbonyl (C=O) groups is 1. The molecule has 0 saturated carbocycles. The highest BCUT2D eigenvalue weighted by molar-refractivity contribution is 7.15. The van der Waals surface area contributed by atoms with E-state index in [1.54, 1.807) is 6.20 Å². The lowest BCUT2D eigenvalue weighted by Crippen LogP contribution is -2.36.